The summed E-state index contributed by atoms with van der Waals surface area (Å²) in [6.07, 6.45) is 8.86. The average molecular weight is 390 g/mol. The van der Waals surface area contributed by atoms with E-state index in [4.69, 9.17) is 14.1 Å². The average Bonchev–Trinajstić information content (AvgIpc) is 3.45. The van der Waals surface area contributed by atoms with E-state index < -0.39 is 0 Å². The molecule has 2 N–H and O–H groups in total. The van der Waals surface area contributed by atoms with Crippen LogP contribution in [0.15, 0.2) is 45.3 Å². The number of furan rings is 1. The highest BCUT2D eigenvalue weighted by Crippen LogP contribution is 2.40. The monoisotopic (exact) mass is 389 g/mol. The number of ether oxygens (including phenoxy) is 1. The van der Waals surface area contributed by atoms with Crippen molar-refractivity contribution in [3.05, 3.63) is 46.5 Å². The van der Waals surface area contributed by atoms with Gasteiger partial charge >= 0.3 is 0 Å². The molecule has 1 saturated carbocycles. The lowest BCUT2D eigenvalue weighted by molar-refractivity contribution is 0.138. The van der Waals surface area contributed by atoms with Gasteiger partial charge in [-0.3, -0.25) is 0 Å². The highest BCUT2D eigenvalue weighted by molar-refractivity contribution is 7.09. The normalized spacial score (nSPS) is 16.6. The fraction of sp³-hybridized carbons (Fsp3) is 0.571. The number of hydrogen-bond donors (Lipinski definition) is 2. The van der Waals surface area contributed by atoms with E-state index in [1.807, 2.05) is 12.1 Å². The number of aliphatic imine (C=N–C) groups is 1. The third-order valence-electron chi connectivity index (χ3n) is 5.35. The van der Waals surface area contributed by atoms with Gasteiger partial charge < -0.3 is 19.8 Å². The molecule has 0 radical (unpaired) electrons. The maximum absolute atomic E-state index is 5.42. The van der Waals surface area contributed by atoms with Gasteiger partial charge in [-0.2, -0.15) is 0 Å². The Labute approximate surface area is 166 Å². The van der Waals surface area contributed by atoms with Crippen LogP contribution in [0, 0.1) is 5.41 Å². The van der Waals surface area contributed by atoms with Crippen LogP contribution < -0.4 is 10.6 Å². The van der Waals surface area contributed by atoms with Gasteiger partial charge in [0.25, 0.3) is 0 Å². The van der Waals surface area contributed by atoms with E-state index in [2.05, 4.69) is 28.1 Å². The van der Waals surface area contributed by atoms with E-state index >= 15 is 0 Å². The van der Waals surface area contributed by atoms with Crippen molar-refractivity contribution in [2.45, 2.75) is 45.1 Å². The molecule has 0 spiro atoms. The minimum absolute atomic E-state index is 0.336. The van der Waals surface area contributed by atoms with Crippen LogP contribution in [-0.4, -0.2) is 32.8 Å². The molecular formula is C21H31N3O2S. The van der Waals surface area contributed by atoms with Gasteiger partial charge in [-0.15, -0.1) is 11.3 Å². The highest BCUT2D eigenvalue weighted by atomic mass is 32.1. The zero-order valence-electron chi connectivity index (χ0n) is 16.2. The summed E-state index contributed by atoms with van der Waals surface area (Å²) in [5, 5.41) is 9.18. The maximum atomic E-state index is 5.42. The van der Waals surface area contributed by atoms with Gasteiger partial charge in [0.05, 0.1) is 12.8 Å². The Morgan fingerprint density at radius 3 is 2.85 bits per heavy atom. The molecule has 1 aliphatic rings. The van der Waals surface area contributed by atoms with Gasteiger partial charge in [0, 0.05) is 38.1 Å². The van der Waals surface area contributed by atoms with Crippen LogP contribution in [0.1, 0.15) is 42.7 Å². The summed E-state index contributed by atoms with van der Waals surface area (Å²) in [7, 11) is 1.79. The second-order valence-corrected chi connectivity index (χ2v) is 8.34. The predicted molar refractivity (Wildman–Crippen MR) is 111 cm³/mol. The first-order valence-electron chi connectivity index (χ1n) is 9.86. The van der Waals surface area contributed by atoms with Crippen LogP contribution in [0.25, 0.3) is 0 Å². The largest absolute Gasteiger partial charge is 0.469 e. The van der Waals surface area contributed by atoms with Crippen LogP contribution in [0.3, 0.4) is 0 Å². The fourth-order valence-electron chi connectivity index (χ4n) is 3.72. The molecule has 0 amide bonds. The quantitative estimate of drug-likeness (QED) is 0.472. The minimum atomic E-state index is 0.336. The Morgan fingerprint density at radius 2 is 2.15 bits per heavy atom. The minimum Gasteiger partial charge on any atom is -0.469 e. The predicted octanol–water partition coefficient (Wildman–Crippen LogP) is 4.22. The Balaban J connectivity index is 1.56. The zero-order chi connectivity index (χ0) is 18.8. The van der Waals surface area contributed by atoms with Crippen molar-refractivity contribution in [1.29, 1.82) is 0 Å². The Bertz CT molecular complexity index is 662. The van der Waals surface area contributed by atoms with Crippen molar-refractivity contribution in [1.82, 2.24) is 10.6 Å². The molecule has 0 aromatic carbocycles. The summed E-state index contributed by atoms with van der Waals surface area (Å²) in [6.45, 7) is 3.29. The molecule has 2 aromatic rings. The van der Waals surface area contributed by atoms with Crippen LogP contribution >= 0.6 is 11.3 Å². The summed E-state index contributed by atoms with van der Waals surface area (Å²) in [4.78, 5) is 6.08. The van der Waals surface area contributed by atoms with Crippen LogP contribution in [0.5, 0.6) is 0 Å². The molecule has 27 heavy (non-hydrogen) atoms. The SMILES string of the molecule is COCCC1(CNC(=NCc2cccs2)NCCc2ccco2)CCCC1. The molecule has 0 bridgehead atoms. The lowest BCUT2D eigenvalue weighted by atomic mass is 9.83. The summed E-state index contributed by atoms with van der Waals surface area (Å²) < 4.78 is 10.8. The first kappa shape index (κ1) is 20.0. The van der Waals surface area contributed by atoms with Crippen molar-refractivity contribution >= 4 is 17.3 Å². The number of guanidine groups is 1. The van der Waals surface area contributed by atoms with Crippen molar-refractivity contribution in [3.8, 4) is 0 Å². The van der Waals surface area contributed by atoms with Gasteiger partial charge in [0.2, 0.25) is 0 Å². The van der Waals surface area contributed by atoms with E-state index in [9.17, 15) is 0 Å². The summed E-state index contributed by atoms with van der Waals surface area (Å²) in [5.41, 5.74) is 0.336. The smallest absolute Gasteiger partial charge is 0.191 e. The number of thiophene rings is 1. The molecule has 0 unspecified atom stereocenters. The van der Waals surface area contributed by atoms with Crippen molar-refractivity contribution in [2.24, 2.45) is 10.4 Å². The Morgan fingerprint density at radius 1 is 1.26 bits per heavy atom. The second kappa shape index (κ2) is 10.5. The molecule has 5 nitrogen and oxygen atoms in total. The Hall–Kier alpha value is -1.79. The highest BCUT2D eigenvalue weighted by Gasteiger charge is 2.33. The molecule has 1 aliphatic carbocycles. The maximum Gasteiger partial charge on any atom is 0.191 e. The van der Waals surface area contributed by atoms with Crippen LogP contribution in [0.4, 0.5) is 0 Å². The molecule has 1 fully saturated rings. The van der Waals surface area contributed by atoms with E-state index in [0.717, 1.165) is 44.3 Å². The van der Waals surface area contributed by atoms with Crippen molar-refractivity contribution < 1.29 is 9.15 Å². The van der Waals surface area contributed by atoms with Crippen molar-refractivity contribution in [2.75, 3.05) is 26.8 Å². The molecule has 0 saturated heterocycles. The van der Waals surface area contributed by atoms with E-state index in [-0.39, 0.29) is 0 Å². The lowest BCUT2D eigenvalue weighted by Crippen LogP contribution is -2.44. The van der Waals surface area contributed by atoms with Gasteiger partial charge in [-0.1, -0.05) is 18.9 Å². The number of hydrogen-bond acceptors (Lipinski definition) is 4. The first-order chi connectivity index (χ1) is 13.3. The summed E-state index contributed by atoms with van der Waals surface area (Å²) in [5.74, 6) is 1.88. The van der Waals surface area contributed by atoms with E-state index in [0.29, 0.717) is 12.0 Å². The molecule has 0 aliphatic heterocycles. The molecule has 2 aromatic heterocycles. The van der Waals surface area contributed by atoms with Gasteiger partial charge in [0.1, 0.15) is 5.76 Å². The molecule has 2 heterocycles. The number of nitrogens with one attached hydrogen (secondary N) is 2. The standard InChI is InChI=1S/C21H31N3O2S/c1-25-14-11-21(9-2-3-10-21)17-24-20(23-16-19-7-5-15-27-19)22-12-8-18-6-4-13-26-18/h4-7,13,15H,2-3,8-12,14,16-17H2,1H3,(H2,22,23,24). The Kier molecular flexibility index (Phi) is 7.78. The van der Waals surface area contributed by atoms with Gasteiger partial charge in [-0.25, -0.2) is 4.99 Å². The van der Waals surface area contributed by atoms with E-state index in [1.54, 1.807) is 24.7 Å². The second-order valence-electron chi connectivity index (χ2n) is 7.30. The topological polar surface area (TPSA) is 58.8 Å². The van der Waals surface area contributed by atoms with Gasteiger partial charge in [-0.05, 0) is 48.3 Å². The van der Waals surface area contributed by atoms with Crippen LogP contribution in [-0.2, 0) is 17.7 Å². The van der Waals surface area contributed by atoms with E-state index in [1.165, 1.54) is 30.6 Å². The molecule has 148 valence electrons. The number of nitrogens with zero attached hydrogens (tertiary/aromatic N) is 1. The first-order valence-corrected chi connectivity index (χ1v) is 10.7. The zero-order valence-corrected chi connectivity index (χ0v) is 17.0. The summed E-state index contributed by atoms with van der Waals surface area (Å²) >= 11 is 1.75. The number of rotatable bonds is 10. The fourth-order valence-corrected chi connectivity index (χ4v) is 4.35. The lowest BCUT2D eigenvalue weighted by Gasteiger charge is -2.30. The molecular weight excluding hydrogens is 358 g/mol. The molecule has 0 atom stereocenters. The molecule has 6 heteroatoms. The third-order valence-corrected chi connectivity index (χ3v) is 6.21. The van der Waals surface area contributed by atoms with Crippen LogP contribution in [0.2, 0.25) is 0 Å². The van der Waals surface area contributed by atoms with Crippen molar-refractivity contribution in [3.63, 3.8) is 0 Å². The third kappa shape index (κ3) is 6.40. The number of methoxy groups -OCH3 is 1. The summed E-state index contributed by atoms with van der Waals surface area (Å²) in [6, 6.07) is 8.14. The molecule has 3 rings (SSSR count). The van der Waals surface area contributed by atoms with Gasteiger partial charge in [0.15, 0.2) is 5.96 Å².